The first-order chi connectivity index (χ1) is 22.4. The van der Waals surface area contributed by atoms with Crippen molar-refractivity contribution in [1.29, 1.82) is 0 Å². The number of cyclic esters (lactones) is 1. The van der Waals surface area contributed by atoms with Crippen molar-refractivity contribution in [2.24, 2.45) is 11.8 Å². The predicted molar refractivity (Wildman–Crippen MR) is 167 cm³/mol. The SMILES string of the molecule is COC[C@H]1NC(=O)CC/C=C\CN(C2CCCCC2)C(=O)[C@@H]2N(CCCO)C(=O)[C@H]3[C@H](C(=O)O[C@@H]1c1ccccc1)[C@@H]1C=C[C@]23O1. The third-order valence-corrected chi connectivity index (χ3v) is 10.2. The molecule has 1 aliphatic carbocycles. The first-order valence-corrected chi connectivity index (χ1v) is 16.7. The highest BCUT2D eigenvalue weighted by Crippen LogP contribution is 2.56. The molecule has 5 aliphatic rings. The molecule has 2 saturated heterocycles. The van der Waals surface area contributed by atoms with E-state index in [0.717, 1.165) is 32.1 Å². The smallest absolute Gasteiger partial charge is 0.313 e. The summed E-state index contributed by atoms with van der Waals surface area (Å²) >= 11 is 0. The van der Waals surface area contributed by atoms with E-state index in [4.69, 9.17) is 14.2 Å². The van der Waals surface area contributed by atoms with Crippen LogP contribution in [0.2, 0.25) is 0 Å². The molecule has 7 atom stereocenters. The number of methoxy groups -OCH3 is 1. The van der Waals surface area contributed by atoms with Crippen molar-refractivity contribution in [3.63, 3.8) is 0 Å². The number of allylic oxidation sites excluding steroid dienone is 1. The van der Waals surface area contributed by atoms with E-state index < -0.39 is 47.7 Å². The Bertz CT molecular complexity index is 1340. The maximum absolute atomic E-state index is 14.8. The fourth-order valence-corrected chi connectivity index (χ4v) is 8.08. The minimum absolute atomic E-state index is 0.00584. The highest BCUT2D eigenvalue weighted by atomic mass is 16.6. The number of rotatable bonds is 7. The molecule has 4 heterocycles. The second-order valence-electron chi connectivity index (χ2n) is 13.0. The van der Waals surface area contributed by atoms with Crippen molar-refractivity contribution >= 4 is 23.7 Å². The Hall–Kier alpha value is -3.54. The van der Waals surface area contributed by atoms with E-state index in [1.165, 1.54) is 12.0 Å². The predicted octanol–water partition coefficient (Wildman–Crippen LogP) is 2.45. The number of aliphatic hydroxyl groups excluding tert-OH is 1. The topological polar surface area (TPSA) is 135 Å². The fourth-order valence-electron chi connectivity index (χ4n) is 8.08. The van der Waals surface area contributed by atoms with Gasteiger partial charge in [-0.2, -0.15) is 0 Å². The number of hydrogen-bond donors (Lipinski definition) is 2. The lowest BCUT2D eigenvalue weighted by molar-refractivity contribution is -0.162. The van der Waals surface area contributed by atoms with Gasteiger partial charge in [0.1, 0.15) is 23.7 Å². The number of nitrogens with zero attached hydrogens (tertiary/aromatic N) is 2. The van der Waals surface area contributed by atoms with Crippen LogP contribution in [0.1, 0.15) is 63.0 Å². The molecule has 3 fully saturated rings. The standard InChI is InChI=1S/C35H45N3O8/c1-44-22-25-30(23-12-5-2-6-13-23)45-34(43)28-26-17-18-35(46-26)29(28)32(41)38(20-11-21-39)31(35)33(42)37(24-14-7-3-8-15-24)19-10-4-9-16-27(40)36-25/h2,4-6,10,12-13,17-18,24-26,28-31,39H,3,7-9,11,14-16,19-22H2,1H3,(H,36,40)/b10-4-/t25-,26+,28-,29-,30-,31+,35-/m1/s1. The minimum Gasteiger partial charge on any atom is -0.455 e. The van der Waals surface area contributed by atoms with Crippen LogP contribution < -0.4 is 5.32 Å². The lowest BCUT2D eigenvalue weighted by Crippen LogP contribution is -2.58. The Morgan fingerprint density at radius 2 is 1.83 bits per heavy atom. The Labute approximate surface area is 269 Å². The van der Waals surface area contributed by atoms with Crippen LogP contribution in [0.25, 0.3) is 0 Å². The largest absolute Gasteiger partial charge is 0.455 e. The van der Waals surface area contributed by atoms with Crippen molar-refractivity contribution in [3.8, 4) is 0 Å². The van der Waals surface area contributed by atoms with Crippen molar-refractivity contribution in [1.82, 2.24) is 15.1 Å². The molecule has 0 radical (unpaired) electrons. The number of esters is 1. The van der Waals surface area contributed by atoms with Crippen LogP contribution in [0.3, 0.4) is 0 Å². The van der Waals surface area contributed by atoms with Gasteiger partial charge in [0.05, 0.1) is 24.7 Å². The van der Waals surface area contributed by atoms with E-state index in [9.17, 15) is 24.3 Å². The zero-order chi connectivity index (χ0) is 32.3. The third kappa shape index (κ3) is 6.00. The summed E-state index contributed by atoms with van der Waals surface area (Å²) in [6, 6.07) is 7.49. The molecule has 1 aromatic carbocycles. The zero-order valence-electron chi connectivity index (χ0n) is 26.4. The van der Waals surface area contributed by atoms with Gasteiger partial charge in [-0.3, -0.25) is 19.2 Å². The van der Waals surface area contributed by atoms with E-state index in [2.05, 4.69) is 5.32 Å². The van der Waals surface area contributed by atoms with Crippen molar-refractivity contribution < 1.29 is 38.5 Å². The van der Waals surface area contributed by atoms with E-state index in [1.807, 2.05) is 47.4 Å². The summed E-state index contributed by atoms with van der Waals surface area (Å²) in [5, 5.41) is 12.7. The fraction of sp³-hybridized carbons (Fsp3) is 0.600. The summed E-state index contributed by atoms with van der Waals surface area (Å²) < 4.78 is 18.3. The minimum atomic E-state index is -1.33. The number of aliphatic hydroxyl groups is 1. The summed E-state index contributed by atoms with van der Waals surface area (Å²) in [5.41, 5.74) is -0.658. The molecular weight excluding hydrogens is 590 g/mol. The molecular formula is C35H45N3O8. The molecule has 3 amide bonds. The average Bonchev–Trinajstić information content (AvgIpc) is 3.71. The Morgan fingerprint density at radius 3 is 2.57 bits per heavy atom. The van der Waals surface area contributed by atoms with Crippen LogP contribution in [0.4, 0.5) is 0 Å². The number of carbonyl (C=O) groups excluding carboxylic acids is 4. The Kier molecular flexibility index (Phi) is 9.91. The quantitative estimate of drug-likeness (QED) is 0.345. The highest BCUT2D eigenvalue weighted by Gasteiger charge is 2.73. The molecule has 2 N–H and O–H groups in total. The van der Waals surface area contributed by atoms with Crippen LogP contribution in [0.5, 0.6) is 0 Å². The van der Waals surface area contributed by atoms with Gasteiger partial charge in [0.15, 0.2) is 0 Å². The van der Waals surface area contributed by atoms with Gasteiger partial charge in [-0.25, -0.2) is 0 Å². The van der Waals surface area contributed by atoms with Crippen LogP contribution >= 0.6 is 0 Å². The second-order valence-corrected chi connectivity index (χ2v) is 13.0. The first kappa shape index (κ1) is 32.4. The van der Waals surface area contributed by atoms with E-state index in [0.29, 0.717) is 24.9 Å². The van der Waals surface area contributed by atoms with E-state index >= 15 is 0 Å². The Morgan fingerprint density at radius 1 is 1.04 bits per heavy atom. The molecule has 1 spiro atoms. The maximum atomic E-state index is 14.8. The molecule has 5 bridgehead atoms. The summed E-state index contributed by atoms with van der Waals surface area (Å²) in [6.07, 6.45) is 11.6. The first-order valence-electron chi connectivity index (χ1n) is 16.7. The van der Waals surface area contributed by atoms with Crippen LogP contribution in [0.15, 0.2) is 54.6 Å². The number of likely N-dealkylation sites (tertiary alicyclic amines) is 1. The lowest BCUT2D eigenvalue weighted by Gasteiger charge is -2.40. The van der Waals surface area contributed by atoms with Gasteiger partial charge in [0.2, 0.25) is 17.7 Å². The zero-order valence-corrected chi connectivity index (χ0v) is 26.4. The van der Waals surface area contributed by atoms with Crippen molar-refractivity contribution in [3.05, 3.63) is 60.2 Å². The summed E-state index contributed by atoms with van der Waals surface area (Å²) in [6.45, 7) is 0.447. The molecule has 248 valence electrons. The van der Waals surface area contributed by atoms with Crippen molar-refractivity contribution in [2.45, 2.75) is 87.3 Å². The molecule has 1 saturated carbocycles. The van der Waals surface area contributed by atoms with Crippen LogP contribution in [-0.4, -0.2) is 102 Å². The number of nitrogens with one attached hydrogen (secondary N) is 1. The highest BCUT2D eigenvalue weighted by molar-refractivity contribution is 5.99. The van der Waals surface area contributed by atoms with Crippen LogP contribution in [-0.2, 0) is 33.4 Å². The van der Waals surface area contributed by atoms with Gasteiger partial charge in [-0.1, -0.05) is 73.9 Å². The number of ether oxygens (including phenoxy) is 3. The molecule has 46 heavy (non-hydrogen) atoms. The van der Waals surface area contributed by atoms with Gasteiger partial charge < -0.3 is 34.4 Å². The number of amides is 3. The second kappa shape index (κ2) is 14.1. The summed E-state index contributed by atoms with van der Waals surface area (Å²) in [4.78, 5) is 59.9. The van der Waals surface area contributed by atoms with Gasteiger partial charge in [-0.15, -0.1) is 0 Å². The average molecular weight is 636 g/mol. The molecule has 0 aromatic heterocycles. The molecule has 11 heteroatoms. The lowest BCUT2D eigenvalue weighted by atomic mass is 9.74. The Balaban J connectivity index is 1.42. The van der Waals surface area contributed by atoms with E-state index in [1.54, 1.807) is 12.2 Å². The number of benzene rings is 1. The molecule has 0 unspecified atom stereocenters. The normalized spacial score (nSPS) is 34.5. The molecule has 6 rings (SSSR count). The van der Waals surface area contributed by atoms with Crippen molar-refractivity contribution in [2.75, 3.05) is 33.4 Å². The van der Waals surface area contributed by atoms with Gasteiger partial charge in [-0.05, 0) is 31.2 Å². The van der Waals surface area contributed by atoms with Gasteiger partial charge >= 0.3 is 5.97 Å². The molecule has 11 nitrogen and oxygen atoms in total. The maximum Gasteiger partial charge on any atom is 0.313 e. The number of hydrogen-bond acceptors (Lipinski definition) is 8. The van der Waals surface area contributed by atoms with Gasteiger partial charge in [0.25, 0.3) is 0 Å². The van der Waals surface area contributed by atoms with Crippen LogP contribution in [0, 0.1) is 11.8 Å². The van der Waals surface area contributed by atoms with E-state index in [-0.39, 0.29) is 49.9 Å². The third-order valence-electron chi connectivity index (χ3n) is 10.2. The monoisotopic (exact) mass is 635 g/mol. The summed E-state index contributed by atoms with van der Waals surface area (Å²) in [7, 11) is 1.52. The molecule has 1 aromatic rings. The summed E-state index contributed by atoms with van der Waals surface area (Å²) in [5.74, 6) is -3.37. The number of carbonyl (C=O) groups is 4. The van der Waals surface area contributed by atoms with Gasteiger partial charge in [0, 0.05) is 39.3 Å². The number of fused-ring (bicyclic) bond motifs is 2. The molecule has 4 aliphatic heterocycles.